The van der Waals surface area contributed by atoms with Crippen molar-refractivity contribution in [3.05, 3.63) is 65.9 Å². The minimum atomic E-state index is -0.290. The van der Waals surface area contributed by atoms with Crippen LogP contribution in [0.4, 0.5) is 5.69 Å². The van der Waals surface area contributed by atoms with Gasteiger partial charge in [0.25, 0.3) is 5.91 Å². The van der Waals surface area contributed by atoms with Gasteiger partial charge in [-0.2, -0.15) is 0 Å². The highest BCUT2D eigenvalue weighted by atomic mass is 16.3. The molecule has 1 aromatic heterocycles. The normalized spacial score (nSPS) is 14.7. The standard InChI is InChI=1S/C24H26N2O3/c1-26(20-8-3-2-4-9-20)23(27)15-17-11-13-19(14-12-17)25-24(28)22-16-18-7-5-6-10-21(18)29-22/h5-7,10-14,16,20H,2-4,8-9,15H2,1H3,(H,25,28). The van der Waals surface area contributed by atoms with Crippen molar-refractivity contribution in [3.8, 4) is 0 Å². The number of carbonyl (C=O) groups is 2. The van der Waals surface area contributed by atoms with Crippen LogP contribution >= 0.6 is 0 Å². The van der Waals surface area contributed by atoms with E-state index >= 15 is 0 Å². The maximum absolute atomic E-state index is 12.6. The molecule has 0 aliphatic heterocycles. The summed E-state index contributed by atoms with van der Waals surface area (Å²) in [6.07, 6.45) is 6.29. The SMILES string of the molecule is CN(C(=O)Cc1ccc(NC(=O)c2cc3ccccc3o2)cc1)C1CCCCC1. The molecule has 0 unspecified atom stereocenters. The molecule has 2 amide bonds. The van der Waals surface area contributed by atoms with Crippen molar-refractivity contribution in [3.63, 3.8) is 0 Å². The van der Waals surface area contributed by atoms with Gasteiger partial charge < -0.3 is 14.6 Å². The lowest BCUT2D eigenvalue weighted by Gasteiger charge is -2.31. The van der Waals surface area contributed by atoms with Crippen molar-refractivity contribution in [2.24, 2.45) is 0 Å². The molecule has 150 valence electrons. The van der Waals surface area contributed by atoms with Crippen molar-refractivity contribution < 1.29 is 14.0 Å². The van der Waals surface area contributed by atoms with Crippen LogP contribution in [0, 0.1) is 0 Å². The van der Waals surface area contributed by atoms with Gasteiger partial charge in [-0.25, -0.2) is 0 Å². The number of nitrogens with one attached hydrogen (secondary N) is 1. The lowest BCUT2D eigenvalue weighted by atomic mass is 9.94. The van der Waals surface area contributed by atoms with Gasteiger partial charge in [0.1, 0.15) is 5.58 Å². The van der Waals surface area contributed by atoms with Gasteiger partial charge in [-0.15, -0.1) is 0 Å². The first-order valence-corrected chi connectivity index (χ1v) is 10.2. The fraction of sp³-hybridized carbons (Fsp3) is 0.333. The van der Waals surface area contributed by atoms with Crippen LogP contribution in [-0.4, -0.2) is 29.8 Å². The summed E-state index contributed by atoms with van der Waals surface area (Å²) in [5.74, 6) is 0.137. The fourth-order valence-corrected chi connectivity index (χ4v) is 3.96. The molecule has 0 bridgehead atoms. The van der Waals surface area contributed by atoms with Gasteiger partial charge in [-0.3, -0.25) is 9.59 Å². The lowest BCUT2D eigenvalue weighted by Crippen LogP contribution is -2.39. The maximum Gasteiger partial charge on any atom is 0.291 e. The van der Waals surface area contributed by atoms with E-state index in [1.54, 1.807) is 6.07 Å². The van der Waals surface area contributed by atoms with Crippen LogP contribution in [-0.2, 0) is 11.2 Å². The molecule has 1 aliphatic rings. The molecule has 3 aromatic rings. The fourth-order valence-electron chi connectivity index (χ4n) is 3.96. The summed E-state index contributed by atoms with van der Waals surface area (Å²) >= 11 is 0. The number of hydrogen-bond donors (Lipinski definition) is 1. The lowest BCUT2D eigenvalue weighted by molar-refractivity contribution is -0.131. The number of para-hydroxylation sites is 1. The Hall–Kier alpha value is -3.08. The highest BCUT2D eigenvalue weighted by molar-refractivity contribution is 6.04. The Kier molecular flexibility index (Phi) is 5.65. The van der Waals surface area contributed by atoms with E-state index in [1.807, 2.05) is 60.5 Å². The molecule has 4 rings (SSSR count). The zero-order valence-corrected chi connectivity index (χ0v) is 16.7. The highest BCUT2D eigenvalue weighted by Gasteiger charge is 2.22. The first-order chi connectivity index (χ1) is 14.1. The van der Waals surface area contributed by atoms with Gasteiger partial charge in [-0.1, -0.05) is 49.6 Å². The Balaban J connectivity index is 1.36. The van der Waals surface area contributed by atoms with E-state index in [0.717, 1.165) is 23.8 Å². The van der Waals surface area contributed by atoms with E-state index in [2.05, 4.69) is 5.32 Å². The Morgan fingerprint density at radius 2 is 1.76 bits per heavy atom. The van der Waals surface area contributed by atoms with E-state index < -0.39 is 0 Å². The third-order valence-electron chi connectivity index (χ3n) is 5.73. The van der Waals surface area contributed by atoms with Crippen molar-refractivity contribution in [1.82, 2.24) is 4.90 Å². The minimum absolute atomic E-state index is 0.149. The van der Waals surface area contributed by atoms with Crippen molar-refractivity contribution in [1.29, 1.82) is 0 Å². The second-order valence-electron chi connectivity index (χ2n) is 7.77. The number of benzene rings is 2. The van der Waals surface area contributed by atoms with Crippen molar-refractivity contribution >= 4 is 28.5 Å². The van der Waals surface area contributed by atoms with Crippen LogP contribution in [0.1, 0.15) is 48.2 Å². The number of likely N-dealkylation sites (N-methyl/N-ethyl adjacent to an activating group) is 1. The topological polar surface area (TPSA) is 62.6 Å². The molecule has 1 aliphatic carbocycles. The van der Waals surface area contributed by atoms with Crippen LogP contribution in [0.15, 0.2) is 59.0 Å². The molecule has 1 fully saturated rings. The van der Waals surface area contributed by atoms with Crippen LogP contribution in [0.5, 0.6) is 0 Å². The number of fused-ring (bicyclic) bond motifs is 1. The average molecular weight is 390 g/mol. The number of amides is 2. The second kappa shape index (κ2) is 8.52. The molecule has 5 heteroatoms. The first-order valence-electron chi connectivity index (χ1n) is 10.2. The van der Waals surface area contributed by atoms with E-state index in [1.165, 1.54) is 19.3 Å². The number of hydrogen-bond acceptors (Lipinski definition) is 3. The smallest absolute Gasteiger partial charge is 0.291 e. The van der Waals surface area contributed by atoms with Gasteiger partial charge in [0.2, 0.25) is 5.91 Å². The molecule has 1 saturated carbocycles. The quantitative estimate of drug-likeness (QED) is 0.665. The van der Waals surface area contributed by atoms with Gasteiger partial charge in [0, 0.05) is 24.2 Å². The molecule has 1 N–H and O–H groups in total. The molecule has 29 heavy (non-hydrogen) atoms. The number of rotatable bonds is 5. The van der Waals surface area contributed by atoms with Crippen LogP contribution in [0.2, 0.25) is 0 Å². The summed E-state index contributed by atoms with van der Waals surface area (Å²) in [6.45, 7) is 0. The molecule has 5 nitrogen and oxygen atoms in total. The molecule has 0 radical (unpaired) electrons. The average Bonchev–Trinajstić information content (AvgIpc) is 3.20. The predicted octanol–water partition coefficient (Wildman–Crippen LogP) is 5.02. The summed E-state index contributed by atoms with van der Waals surface area (Å²) in [5, 5.41) is 3.74. The Morgan fingerprint density at radius 3 is 2.48 bits per heavy atom. The van der Waals surface area contributed by atoms with Gasteiger partial charge >= 0.3 is 0 Å². The Morgan fingerprint density at radius 1 is 1.03 bits per heavy atom. The Bertz CT molecular complexity index is 967. The van der Waals surface area contributed by atoms with Crippen molar-refractivity contribution in [2.45, 2.75) is 44.6 Å². The maximum atomic E-state index is 12.6. The van der Waals surface area contributed by atoms with Crippen LogP contribution < -0.4 is 5.32 Å². The second-order valence-corrected chi connectivity index (χ2v) is 7.77. The number of nitrogens with zero attached hydrogens (tertiary/aromatic N) is 1. The predicted molar refractivity (Wildman–Crippen MR) is 114 cm³/mol. The number of anilines is 1. The van der Waals surface area contributed by atoms with E-state index in [0.29, 0.717) is 23.7 Å². The summed E-state index contributed by atoms with van der Waals surface area (Å²) in [6, 6.07) is 17.1. The van der Waals surface area contributed by atoms with Crippen LogP contribution in [0.25, 0.3) is 11.0 Å². The van der Waals surface area contributed by atoms with Gasteiger partial charge in [0.15, 0.2) is 5.76 Å². The zero-order chi connectivity index (χ0) is 20.2. The van der Waals surface area contributed by atoms with Crippen LogP contribution in [0.3, 0.4) is 0 Å². The molecule has 2 aromatic carbocycles. The molecule has 0 spiro atoms. The first kappa shape index (κ1) is 19.2. The monoisotopic (exact) mass is 390 g/mol. The molecule has 1 heterocycles. The van der Waals surface area contributed by atoms with E-state index in [9.17, 15) is 9.59 Å². The minimum Gasteiger partial charge on any atom is -0.451 e. The van der Waals surface area contributed by atoms with Crippen molar-refractivity contribution in [2.75, 3.05) is 12.4 Å². The van der Waals surface area contributed by atoms with E-state index in [4.69, 9.17) is 4.42 Å². The third kappa shape index (κ3) is 4.50. The Labute approximate surface area is 170 Å². The van der Waals surface area contributed by atoms with E-state index in [-0.39, 0.29) is 17.6 Å². The van der Waals surface area contributed by atoms with Gasteiger partial charge in [-0.05, 0) is 42.7 Å². The highest BCUT2D eigenvalue weighted by Crippen LogP contribution is 2.23. The summed E-state index contributed by atoms with van der Waals surface area (Å²) in [4.78, 5) is 26.9. The summed E-state index contributed by atoms with van der Waals surface area (Å²) < 4.78 is 5.60. The molecular weight excluding hydrogens is 364 g/mol. The summed E-state index contributed by atoms with van der Waals surface area (Å²) in [7, 11) is 1.92. The third-order valence-corrected chi connectivity index (χ3v) is 5.73. The zero-order valence-electron chi connectivity index (χ0n) is 16.7. The van der Waals surface area contributed by atoms with Gasteiger partial charge in [0.05, 0.1) is 6.42 Å². The summed E-state index contributed by atoms with van der Waals surface area (Å²) in [5.41, 5.74) is 2.31. The number of carbonyl (C=O) groups excluding carboxylic acids is 2. The number of furan rings is 1. The largest absolute Gasteiger partial charge is 0.451 e. The molecule has 0 atom stereocenters. The molecular formula is C24H26N2O3. The molecule has 0 saturated heterocycles.